The van der Waals surface area contributed by atoms with E-state index in [1.807, 2.05) is 0 Å². The number of hydrogen-bond acceptors (Lipinski definition) is 4. The number of nitrogens with zero attached hydrogens (tertiary/aromatic N) is 1. The second-order valence-electron chi connectivity index (χ2n) is 4.97. The Balaban J connectivity index is 2.25. The molecule has 110 valence electrons. The zero-order valence-electron chi connectivity index (χ0n) is 11.7. The summed E-state index contributed by atoms with van der Waals surface area (Å²) < 4.78 is 5.40. The van der Waals surface area contributed by atoms with E-state index in [-0.39, 0.29) is 5.69 Å². The average Bonchev–Trinajstić information content (AvgIpc) is 2.71. The lowest BCUT2D eigenvalue weighted by atomic mass is 10.0. The van der Waals surface area contributed by atoms with Gasteiger partial charge in [0.2, 0.25) is 0 Å². The van der Waals surface area contributed by atoms with E-state index >= 15 is 0 Å². The molecule has 2 aromatic rings. The summed E-state index contributed by atoms with van der Waals surface area (Å²) in [5.41, 5.74) is 2.15. The third-order valence-electron chi connectivity index (χ3n) is 3.61. The van der Waals surface area contributed by atoms with Gasteiger partial charge < -0.3 is 15.0 Å². The number of anilines is 1. The lowest BCUT2D eigenvalue weighted by molar-refractivity contribution is 0.416. The summed E-state index contributed by atoms with van der Waals surface area (Å²) in [5, 5.41) is 3.82. The zero-order valence-corrected chi connectivity index (χ0v) is 12.5. The molecule has 0 spiro atoms. The monoisotopic (exact) mass is 305 g/mol. The van der Waals surface area contributed by atoms with Gasteiger partial charge >= 0.3 is 5.69 Å². The van der Waals surface area contributed by atoms with Crippen LogP contribution in [0, 0.1) is 0 Å². The Morgan fingerprint density at radius 3 is 3.00 bits per heavy atom. The Morgan fingerprint density at radius 2 is 2.19 bits per heavy atom. The summed E-state index contributed by atoms with van der Waals surface area (Å²) in [6.07, 6.45) is 2.96. The largest absolute Gasteiger partial charge is 0.496 e. The molecule has 2 heterocycles. The average molecular weight is 306 g/mol. The predicted molar refractivity (Wildman–Crippen MR) is 83.3 cm³/mol. The SMILES string of the molecule is COc1ccc(Cl)cc1-c1[nH]c(=O)nc2c1CCCCN2. The van der Waals surface area contributed by atoms with Crippen LogP contribution in [0.1, 0.15) is 18.4 Å². The number of aromatic nitrogens is 2. The minimum absolute atomic E-state index is 0.375. The molecule has 0 unspecified atom stereocenters. The van der Waals surface area contributed by atoms with Gasteiger partial charge in [0.05, 0.1) is 12.8 Å². The molecule has 1 aromatic carbocycles. The first kappa shape index (κ1) is 13.9. The molecule has 0 saturated carbocycles. The highest BCUT2D eigenvalue weighted by molar-refractivity contribution is 6.31. The van der Waals surface area contributed by atoms with Gasteiger partial charge in [-0.15, -0.1) is 0 Å². The van der Waals surface area contributed by atoms with Crippen LogP contribution in [0.5, 0.6) is 5.75 Å². The predicted octanol–water partition coefficient (Wildman–Crippen LogP) is 2.85. The Labute approximate surface area is 127 Å². The van der Waals surface area contributed by atoms with Gasteiger partial charge in [-0.1, -0.05) is 11.6 Å². The fourth-order valence-electron chi connectivity index (χ4n) is 2.63. The molecule has 0 atom stereocenters. The number of H-pyrrole nitrogens is 1. The number of aromatic amines is 1. The number of methoxy groups -OCH3 is 1. The molecule has 1 aliphatic rings. The molecule has 0 radical (unpaired) electrons. The van der Waals surface area contributed by atoms with Gasteiger partial charge in [-0.3, -0.25) is 0 Å². The van der Waals surface area contributed by atoms with E-state index in [1.54, 1.807) is 25.3 Å². The third-order valence-corrected chi connectivity index (χ3v) is 3.84. The quantitative estimate of drug-likeness (QED) is 0.895. The molecule has 3 rings (SSSR count). The van der Waals surface area contributed by atoms with Crippen molar-refractivity contribution >= 4 is 17.4 Å². The zero-order chi connectivity index (χ0) is 14.8. The fourth-order valence-corrected chi connectivity index (χ4v) is 2.80. The number of ether oxygens (including phenoxy) is 1. The van der Waals surface area contributed by atoms with Gasteiger partial charge in [-0.2, -0.15) is 4.98 Å². The van der Waals surface area contributed by atoms with Crippen molar-refractivity contribution in [3.63, 3.8) is 0 Å². The molecule has 2 N–H and O–H groups in total. The second kappa shape index (κ2) is 5.77. The van der Waals surface area contributed by atoms with E-state index in [4.69, 9.17) is 16.3 Å². The highest BCUT2D eigenvalue weighted by Gasteiger charge is 2.18. The van der Waals surface area contributed by atoms with Crippen molar-refractivity contribution in [3.8, 4) is 17.0 Å². The normalized spacial score (nSPS) is 14.0. The number of benzene rings is 1. The van der Waals surface area contributed by atoms with Gasteiger partial charge in [0.15, 0.2) is 0 Å². The molecular formula is C15H16ClN3O2. The molecule has 1 aromatic heterocycles. The van der Waals surface area contributed by atoms with Crippen LogP contribution in [0.15, 0.2) is 23.0 Å². The standard InChI is InChI=1S/C15H16ClN3O2/c1-21-12-6-5-9(16)8-11(12)13-10-4-2-3-7-17-14(10)19-15(20)18-13/h5-6,8H,2-4,7H2,1H3,(H2,17,18,19,20). The van der Waals surface area contributed by atoms with Crippen molar-refractivity contribution in [2.45, 2.75) is 19.3 Å². The van der Waals surface area contributed by atoms with Crippen molar-refractivity contribution in [1.82, 2.24) is 9.97 Å². The smallest absolute Gasteiger partial charge is 0.347 e. The van der Waals surface area contributed by atoms with Crippen LogP contribution in [-0.4, -0.2) is 23.6 Å². The maximum atomic E-state index is 11.9. The van der Waals surface area contributed by atoms with E-state index < -0.39 is 0 Å². The molecule has 0 bridgehead atoms. The lowest BCUT2D eigenvalue weighted by Crippen LogP contribution is -2.17. The lowest BCUT2D eigenvalue weighted by Gasteiger charge is -2.14. The number of nitrogens with one attached hydrogen (secondary N) is 2. The van der Waals surface area contributed by atoms with E-state index in [2.05, 4.69) is 15.3 Å². The van der Waals surface area contributed by atoms with Crippen molar-refractivity contribution in [1.29, 1.82) is 0 Å². The van der Waals surface area contributed by atoms with Crippen LogP contribution in [0.4, 0.5) is 5.82 Å². The van der Waals surface area contributed by atoms with E-state index in [0.717, 1.165) is 42.6 Å². The fraction of sp³-hybridized carbons (Fsp3) is 0.333. The van der Waals surface area contributed by atoms with E-state index in [9.17, 15) is 4.79 Å². The van der Waals surface area contributed by atoms with Crippen molar-refractivity contribution in [3.05, 3.63) is 39.3 Å². The van der Waals surface area contributed by atoms with Gasteiger partial charge in [0.25, 0.3) is 0 Å². The molecule has 0 amide bonds. The molecule has 0 fully saturated rings. The number of hydrogen-bond donors (Lipinski definition) is 2. The topological polar surface area (TPSA) is 67.0 Å². The van der Waals surface area contributed by atoms with Crippen molar-refractivity contribution < 1.29 is 4.74 Å². The summed E-state index contributed by atoms with van der Waals surface area (Å²) in [6.45, 7) is 0.829. The Morgan fingerprint density at radius 1 is 1.33 bits per heavy atom. The van der Waals surface area contributed by atoms with Gasteiger partial charge in [-0.05, 0) is 37.5 Å². The Bertz CT molecular complexity index is 727. The molecule has 6 heteroatoms. The summed E-state index contributed by atoms with van der Waals surface area (Å²) in [4.78, 5) is 18.7. The van der Waals surface area contributed by atoms with Gasteiger partial charge in [-0.25, -0.2) is 4.79 Å². The number of rotatable bonds is 2. The summed E-state index contributed by atoms with van der Waals surface area (Å²) in [5.74, 6) is 1.33. The van der Waals surface area contributed by atoms with Crippen LogP contribution in [-0.2, 0) is 6.42 Å². The third kappa shape index (κ3) is 2.74. The summed E-state index contributed by atoms with van der Waals surface area (Å²) in [6, 6.07) is 5.36. The first-order valence-electron chi connectivity index (χ1n) is 6.90. The van der Waals surface area contributed by atoms with Crippen molar-refractivity contribution in [2.75, 3.05) is 19.0 Å². The Hall–Kier alpha value is -2.01. The minimum atomic E-state index is -0.375. The van der Waals surface area contributed by atoms with Crippen LogP contribution in [0.2, 0.25) is 5.02 Å². The maximum Gasteiger partial charge on any atom is 0.347 e. The van der Waals surface area contributed by atoms with Crippen LogP contribution < -0.4 is 15.7 Å². The first-order chi connectivity index (χ1) is 10.2. The second-order valence-corrected chi connectivity index (χ2v) is 5.41. The highest BCUT2D eigenvalue weighted by atomic mass is 35.5. The Kier molecular flexibility index (Phi) is 3.84. The molecule has 1 aliphatic heterocycles. The molecule has 0 aliphatic carbocycles. The number of fused-ring (bicyclic) bond motifs is 1. The van der Waals surface area contributed by atoms with E-state index in [1.165, 1.54) is 0 Å². The minimum Gasteiger partial charge on any atom is -0.496 e. The number of halogens is 1. The summed E-state index contributed by atoms with van der Waals surface area (Å²) in [7, 11) is 1.60. The van der Waals surface area contributed by atoms with E-state index in [0.29, 0.717) is 16.6 Å². The van der Waals surface area contributed by atoms with Crippen LogP contribution in [0.25, 0.3) is 11.3 Å². The molecule has 0 saturated heterocycles. The van der Waals surface area contributed by atoms with Crippen LogP contribution >= 0.6 is 11.6 Å². The maximum absolute atomic E-state index is 11.9. The van der Waals surface area contributed by atoms with Crippen molar-refractivity contribution in [2.24, 2.45) is 0 Å². The summed E-state index contributed by atoms with van der Waals surface area (Å²) >= 11 is 6.10. The molecule has 21 heavy (non-hydrogen) atoms. The molecule has 5 nitrogen and oxygen atoms in total. The van der Waals surface area contributed by atoms with Gasteiger partial charge in [0, 0.05) is 22.7 Å². The van der Waals surface area contributed by atoms with Gasteiger partial charge in [0.1, 0.15) is 11.6 Å². The first-order valence-corrected chi connectivity index (χ1v) is 7.28. The highest BCUT2D eigenvalue weighted by Crippen LogP contribution is 2.35. The van der Waals surface area contributed by atoms with Crippen LogP contribution in [0.3, 0.4) is 0 Å². The molecular weight excluding hydrogens is 290 g/mol.